The molecule has 0 bridgehead atoms. The monoisotopic (exact) mass is 751 g/mol. The molecule has 15 heteroatoms. The molecule has 3 atom stereocenters. The fraction of sp³-hybridized carbons (Fsp3) is 0.432. The number of sulfonamides is 1. The van der Waals surface area contributed by atoms with Crippen molar-refractivity contribution in [3.8, 4) is 0 Å². The van der Waals surface area contributed by atoms with Gasteiger partial charge in [0.15, 0.2) is 5.66 Å². The van der Waals surface area contributed by atoms with Crippen molar-refractivity contribution in [3.63, 3.8) is 0 Å². The fourth-order valence-electron chi connectivity index (χ4n) is 6.57. The number of anilines is 1. The van der Waals surface area contributed by atoms with E-state index >= 15 is 0 Å². The minimum Gasteiger partial charge on any atom is -0.397 e. The number of urea groups is 1. The van der Waals surface area contributed by atoms with Gasteiger partial charge in [0.05, 0.1) is 45.0 Å². The van der Waals surface area contributed by atoms with Gasteiger partial charge in [0.2, 0.25) is 21.8 Å². The second-order valence-electron chi connectivity index (χ2n) is 14.3. The third kappa shape index (κ3) is 8.63. The number of para-hydroxylation sites is 2. The number of amides is 4. The molecular formula is C37H46ClN7O6S. The van der Waals surface area contributed by atoms with E-state index in [1.54, 1.807) is 20.8 Å². The van der Waals surface area contributed by atoms with Gasteiger partial charge in [-0.15, -0.1) is 0 Å². The molecule has 2 aliphatic rings. The first-order chi connectivity index (χ1) is 24.5. The summed E-state index contributed by atoms with van der Waals surface area (Å²) in [5.74, 6) is -1.61. The quantitative estimate of drug-likeness (QED) is 0.158. The number of carbonyl (C=O) groups is 3. The lowest BCUT2D eigenvalue weighted by atomic mass is 9.97. The average Bonchev–Trinajstić information content (AvgIpc) is 3.55. The Kier molecular flexibility index (Phi) is 11.7. The highest BCUT2D eigenvalue weighted by Crippen LogP contribution is 2.27. The number of halogens is 1. The Hall–Kier alpha value is -4.37. The zero-order valence-corrected chi connectivity index (χ0v) is 31.5. The molecule has 2 aliphatic heterocycles. The van der Waals surface area contributed by atoms with Crippen molar-refractivity contribution in [3.05, 3.63) is 94.1 Å². The van der Waals surface area contributed by atoms with Gasteiger partial charge in [0.25, 0.3) is 0 Å². The minimum absolute atomic E-state index is 0.0747. The van der Waals surface area contributed by atoms with E-state index in [2.05, 4.69) is 15.3 Å². The largest absolute Gasteiger partial charge is 0.397 e. The number of rotatable bonds is 15. The Morgan fingerprint density at radius 1 is 1.00 bits per heavy atom. The Bertz CT molecular complexity index is 2010. The molecule has 13 nitrogen and oxygen atoms in total. The molecule has 3 aromatic carbocycles. The molecule has 2 heterocycles. The van der Waals surface area contributed by atoms with E-state index in [4.69, 9.17) is 17.3 Å². The number of nitrogens with two attached hydrogens (primary N) is 1. The molecule has 0 aromatic heterocycles. The highest BCUT2D eigenvalue weighted by Gasteiger charge is 2.46. The number of carbonyl (C=O) groups excluding carboxylic acids is 3. The maximum Gasteiger partial charge on any atom is 0.328 e. The van der Waals surface area contributed by atoms with E-state index in [0.29, 0.717) is 10.7 Å². The second kappa shape index (κ2) is 15.7. The van der Waals surface area contributed by atoms with Gasteiger partial charge in [-0.25, -0.2) is 13.2 Å². The van der Waals surface area contributed by atoms with E-state index in [0.717, 1.165) is 10.5 Å². The van der Waals surface area contributed by atoms with Crippen LogP contribution in [-0.4, -0.2) is 95.5 Å². The number of imide groups is 1. The van der Waals surface area contributed by atoms with Gasteiger partial charge in [-0.1, -0.05) is 81.8 Å². The fourth-order valence-corrected chi connectivity index (χ4v) is 8.34. The lowest BCUT2D eigenvalue weighted by Gasteiger charge is -2.34. The van der Waals surface area contributed by atoms with Gasteiger partial charge >= 0.3 is 6.03 Å². The van der Waals surface area contributed by atoms with Crippen molar-refractivity contribution in [2.75, 3.05) is 31.9 Å². The molecule has 3 aromatic rings. The summed E-state index contributed by atoms with van der Waals surface area (Å²) < 4.78 is 28.9. The lowest BCUT2D eigenvalue weighted by molar-refractivity contribution is -0.129. The van der Waals surface area contributed by atoms with Crippen LogP contribution in [0, 0.1) is 11.8 Å². The Balaban J connectivity index is 1.39. The summed E-state index contributed by atoms with van der Waals surface area (Å²) in [6.45, 7) is 8.28. The number of hydrogen-bond acceptors (Lipinski definition) is 9. The number of nitrogen functional groups attached to an aromatic ring is 1. The molecule has 1 fully saturated rings. The third-order valence-corrected chi connectivity index (χ3v) is 11.2. The summed E-state index contributed by atoms with van der Waals surface area (Å²) in [7, 11) is -4.15. The van der Waals surface area contributed by atoms with Crippen LogP contribution in [0.4, 0.5) is 10.5 Å². The smallest absolute Gasteiger partial charge is 0.328 e. The van der Waals surface area contributed by atoms with Crippen LogP contribution in [0.1, 0.15) is 40.2 Å². The van der Waals surface area contributed by atoms with Crippen LogP contribution >= 0.6 is 11.6 Å². The van der Waals surface area contributed by atoms with Gasteiger partial charge < -0.3 is 21.1 Å². The zero-order valence-electron chi connectivity index (χ0n) is 29.9. The van der Waals surface area contributed by atoms with Crippen LogP contribution in [0.25, 0.3) is 0 Å². The zero-order chi connectivity index (χ0) is 38.0. The molecule has 4 N–H and O–H groups in total. The van der Waals surface area contributed by atoms with Crippen LogP contribution in [0.3, 0.4) is 0 Å². The Morgan fingerprint density at radius 2 is 1.62 bits per heavy atom. The minimum atomic E-state index is -4.15. The Morgan fingerprint density at radius 3 is 2.19 bits per heavy atom. The molecule has 0 aliphatic carbocycles. The summed E-state index contributed by atoms with van der Waals surface area (Å²) in [6.07, 6.45) is -1.22. The van der Waals surface area contributed by atoms with Gasteiger partial charge in [0.1, 0.15) is 12.6 Å². The maximum absolute atomic E-state index is 14.2. The molecule has 0 radical (unpaired) electrons. The van der Waals surface area contributed by atoms with Gasteiger partial charge in [-0.05, 0) is 61.1 Å². The normalized spacial score (nSPS) is 17.3. The number of benzene rings is 3. The van der Waals surface area contributed by atoms with Gasteiger partial charge in [0, 0.05) is 13.1 Å². The van der Waals surface area contributed by atoms with E-state index in [9.17, 15) is 27.9 Å². The predicted octanol–water partition coefficient (Wildman–Crippen LogP) is 2.62. The van der Waals surface area contributed by atoms with Gasteiger partial charge in [-0.2, -0.15) is 4.31 Å². The molecule has 5 rings (SSSR count). The first-order valence-corrected chi connectivity index (χ1v) is 19.0. The highest BCUT2D eigenvalue weighted by molar-refractivity contribution is 7.89. The van der Waals surface area contributed by atoms with Gasteiger partial charge in [-0.3, -0.25) is 24.5 Å². The Labute approximate surface area is 309 Å². The van der Waals surface area contributed by atoms with Crippen molar-refractivity contribution in [2.45, 2.75) is 69.8 Å². The van der Waals surface area contributed by atoms with Crippen LogP contribution < -0.4 is 21.8 Å². The summed E-state index contributed by atoms with van der Waals surface area (Å²) >= 11 is 6.06. The van der Waals surface area contributed by atoms with E-state index in [1.807, 2.05) is 68.4 Å². The van der Waals surface area contributed by atoms with Crippen LogP contribution in [-0.2, 0) is 26.0 Å². The summed E-state index contributed by atoms with van der Waals surface area (Å²) in [5.41, 5.74) is 5.74. The van der Waals surface area contributed by atoms with Crippen molar-refractivity contribution >= 4 is 45.2 Å². The van der Waals surface area contributed by atoms with E-state index in [-0.39, 0.29) is 54.1 Å². The lowest BCUT2D eigenvalue weighted by Crippen LogP contribution is -2.57. The molecule has 0 saturated carbocycles. The molecule has 4 amide bonds. The van der Waals surface area contributed by atoms with Crippen LogP contribution in [0.5, 0.6) is 0 Å². The summed E-state index contributed by atoms with van der Waals surface area (Å²) in [5, 5.41) is 16.2. The third-order valence-electron chi connectivity index (χ3n) is 9.04. The first kappa shape index (κ1) is 38.9. The number of fused-ring (bicyclic) bond motifs is 1. The molecule has 0 unspecified atom stereocenters. The van der Waals surface area contributed by atoms with Crippen molar-refractivity contribution in [2.24, 2.45) is 21.8 Å². The van der Waals surface area contributed by atoms with E-state index < -0.39 is 57.6 Å². The number of aliphatic hydroxyl groups is 1. The average molecular weight is 752 g/mol. The SMILES string of the molecule is CC(C)CN(C[C@@H](O)[C@H](Cc1ccccc1)NC(=O)[C@H](C(C)C)N1CC(=O)N(CC2(C)N=c3ccccc3=N2)C1=O)S(=O)(=O)c1ccc(Cl)c(N)c1. The molecule has 1 saturated heterocycles. The predicted molar refractivity (Wildman–Crippen MR) is 197 cm³/mol. The first-order valence-electron chi connectivity index (χ1n) is 17.2. The van der Waals surface area contributed by atoms with Crippen molar-refractivity contribution in [1.82, 2.24) is 19.4 Å². The number of aliphatic hydroxyl groups excluding tert-OH is 1. The second-order valence-corrected chi connectivity index (χ2v) is 16.6. The molecule has 52 heavy (non-hydrogen) atoms. The standard InChI is InChI=1S/C37H46ClN7O6S/c1-23(2)19-43(52(50,51)26-15-16-27(38)28(39)18-26)20-32(46)31(17-25-11-7-6-8-12-25)40-35(48)34(24(3)4)44-21-33(47)45(36(44)49)22-37(5)41-29-13-9-10-14-30(29)42-37/h6-16,18,23-24,31-32,34,46H,17,19-22,39H2,1-5H3,(H,40,48)/t31-,32+,34-/m0/s1. The summed E-state index contributed by atoms with van der Waals surface area (Å²) in [4.78, 5) is 52.9. The van der Waals surface area contributed by atoms with E-state index in [1.165, 1.54) is 27.4 Å². The highest BCUT2D eigenvalue weighted by atomic mass is 35.5. The molecular weight excluding hydrogens is 706 g/mol. The number of nitrogens with one attached hydrogen (secondary N) is 1. The van der Waals surface area contributed by atoms with Crippen LogP contribution in [0.15, 0.2) is 87.7 Å². The molecule has 278 valence electrons. The van der Waals surface area contributed by atoms with Crippen molar-refractivity contribution < 1.29 is 27.9 Å². The molecule has 0 spiro atoms. The summed E-state index contributed by atoms with van der Waals surface area (Å²) in [6, 6.07) is 17.8. The van der Waals surface area contributed by atoms with Crippen molar-refractivity contribution in [1.29, 1.82) is 0 Å². The number of nitrogens with zero attached hydrogens (tertiary/aromatic N) is 5. The number of hydrogen-bond donors (Lipinski definition) is 3. The topological polar surface area (TPSA) is 178 Å². The van der Waals surface area contributed by atoms with Crippen LogP contribution in [0.2, 0.25) is 5.02 Å². The maximum atomic E-state index is 14.2.